The largest absolute Gasteiger partial charge is 0.506 e. The maximum absolute atomic E-state index is 12.4. The first-order chi connectivity index (χ1) is 16.1. The molecule has 1 aliphatic carbocycles. The zero-order valence-electron chi connectivity index (χ0n) is 17.8. The van der Waals surface area contributed by atoms with E-state index in [1.807, 2.05) is 0 Å². The van der Waals surface area contributed by atoms with Crippen LogP contribution in [0.2, 0.25) is 10.0 Å². The Hall–Kier alpha value is -3.28. The molecule has 0 bridgehead atoms. The summed E-state index contributed by atoms with van der Waals surface area (Å²) in [6.45, 7) is 0.223. The molecule has 11 nitrogen and oxygen atoms in total. The van der Waals surface area contributed by atoms with Crippen LogP contribution in [-0.4, -0.2) is 64.8 Å². The second-order valence-electron chi connectivity index (χ2n) is 7.61. The van der Waals surface area contributed by atoms with E-state index in [1.54, 1.807) is 12.2 Å². The van der Waals surface area contributed by atoms with Crippen molar-refractivity contribution in [1.82, 2.24) is 21.3 Å². The van der Waals surface area contributed by atoms with Crippen molar-refractivity contribution < 1.29 is 29.7 Å². The number of β-amino-alcohol motifs (C(OH)–C–C–N with tert-alkyl or cyclic N) is 1. The SMILES string of the molecule is O=C(O)CC(NC(=O)CNC(=O)C1=CC(NC2=NCC(O)CN2)=CC1)c1cc(Cl)cc(Cl)c1O. The molecule has 13 heteroatoms. The summed E-state index contributed by atoms with van der Waals surface area (Å²) in [4.78, 5) is 40.2. The van der Waals surface area contributed by atoms with Crippen molar-refractivity contribution in [3.8, 4) is 5.75 Å². The third kappa shape index (κ3) is 6.86. The molecule has 0 radical (unpaired) electrons. The van der Waals surface area contributed by atoms with Crippen LogP contribution >= 0.6 is 23.2 Å². The number of rotatable bonds is 8. The summed E-state index contributed by atoms with van der Waals surface area (Å²) in [5.74, 6) is -2.27. The Kier molecular flexibility index (Phi) is 8.37. The van der Waals surface area contributed by atoms with Crippen molar-refractivity contribution >= 4 is 46.9 Å². The van der Waals surface area contributed by atoms with E-state index in [0.29, 0.717) is 30.2 Å². The highest BCUT2D eigenvalue weighted by Crippen LogP contribution is 2.36. The number of hydrogen-bond donors (Lipinski definition) is 7. The predicted molar refractivity (Wildman–Crippen MR) is 125 cm³/mol. The van der Waals surface area contributed by atoms with Gasteiger partial charge in [0.2, 0.25) is 11.8 Å². The Morgan fingerprint density at radius 3 is 2.71 bits per heavy atom. The highest BCUT2D eigenvalue weighted by Gasteiger charge is 2.24. The van der Waals surface area contributed by atoms with Gasteiger partial charge in [0.25, 0.3) is 0 Å². The summed E-state index contributed by atoms with van der Waals surface area (Å²) in [7, 11) is 0. The third-order valence-electron chi connectivity index (χ3n) is 4.95. The number of guanidine groups is 1. The van der Waals surface area contributed by atoms with Crippen molar-refractivity contribution in [2.45, 2.75) is 25.0 Å². The molecule has 0 saturated heterocycles. The van der Waals surface area contributed by atoms with E-state index < -0.39 is 48.6 Å². The molecule has 2 aliphatic rings. The number of nitrogens with zero attached hydrogens (tertiary/aromatic N) is 1. The predicted octanol–water partition coefficient (Wildman–Crippen LogP) is 0.571. The number of allylic oxidation sites excluding steroid dienone is 2. The van der Waals surface area contributed by atoms with Crippen molar-refractivity contribution in [3.63, 3.8) is 0 Å². The molecule has 0 fully saturated rings. The molecular weight excluding hydrogens is 489 g/mol. The third-order valence-corrected chi connectivity index (χ3v) is 5.45. The molecule has 1 aromatic rings. The number of hydrogen-bond acceptors (Lipinski definition) is 8. The second-order valence-corrected chi connectivity index (χ2v) is 8.45. The second kappa shape index (κ2) is 11.2. The van der Waals surface area contributed by atoms with Crippen LogP contribution in [0.15, 0.2) is 40.5 Å². The molecule has 2 amide bonds. The highest BCUT2D eigenvalue weighted by molar-refractivity contribution is 6.35. The van der Waals surface area contributed by atoms with Crippen molar-refractivity contribution in [3.05, 3.63) is 51.2 Å². The van der Waals surface area contributed by atoms with Gasteiger partial charge in [0, 0.05) is 28.4 Å². The molecule has 2 atom stereocenters. The van der Waals surface area contributed by atoms with Crippen molar-refractivity contribution in [1.29, 1.82) is 0 Å². The standard InChI is InChI=1S/C21H23Cl2N5O6/c22-11-4-14(19(33)15(23)5-11)16(6-18(31)32)28-17(30)9-24-20(34)10-1-2-12(3-10)27-21-25-7-13(29)8-26-21/h2-5,13,16,29,33H,1,6-9H2,(H,24,34)(H,28,30)(H,31,32)(H2,25,26,27). The number of aliphatic hydroxyl groups excluding tert-OH is 1. The lowest BCUT2D eigenvalue weighted by atomic mass is 10.0. The minimum atomic E-state index is -1.22. The number of aliphatic carboxylic acids is 1. The molecule has 34 heavy (non-hydrogen) atoms. The fraction of sp³-hybridized carbons (Fsp3) is 0.333. The average molecular weight is 512 g/mol. The number of aromatic hydroxyl groups is 1. The normalized spacial score (nSPS) is 18.1. The molecule has 182 valence electrons. The average Bonchev–Trinajstić information content (AvgIpc) is 3.24. The number of carboxylic acid groups (broad SMARTS) is 1. The maximum atomic E-state index is 12.4. The minimum Gasteiger partial charge on any atom is -0.506 e. The van der Waals surface area contributed by atoms with Gasteiger partial charge in [0.05, 0.1) is 36.7 Å². The van der Waals surface area contributed by atoms with Gasteiger partial charge >= 0.3 is 5.97 Å². The van der Waals surface area contributed by atoms with Crippen LogP contribution in [0, 0.1) is 0 Å². The van der Waals surface area contributed by atoms with Crippen LogP contribution in [0.1, 0.15) is 24.4 Å². The summed E-state index contributed by atoms with van der Waals surface area (Å²) >= 11 is 11.8. The topological polar surface area (TPSA) is 172 Å². The lowest BCUT2D eigenvalue weighted by molar-refractivity contribution is -0.138. The molecule has 2 unspecified atom stereocenters. The molecule has 3 rings (SSSR count). The number of amides is 2. The van der Waals surface area contributed by atoms with Gasteiger partial charge in [-0.05, 0) is 24.6 Å². The fourth-order valence-electron chi connectivity index (χ4n) is 3.31. The van der Waals surface area contributed by atoms with Crippen LogP contribution in [0.5, 0.6) is 5.75 Å². The monoisotopic (exact) mass is 511 g/mol. The summed E-state index contributed by atoms with van der Waals surface area (Å²) in [6.07, 6.45) is 2.65. The van der Waals surface area contributed by atoms with Crippen LogP contribution in [-0.2, 0) is 14.4 Å². The quantitative estimate of drug-likeness (QED) is 0.265. The Morgan fingerprint density at radius 1 is 1.26 bits per heavy atom. The Balaban J connectivity index is 1.56. The lowest BCUT2D eigenvalue weighted by Crippen LogP contribution is -2.45. The van der Waals surface area contributed by atoms with Gasteiger partial charge in [0.15, 0.2) is 5.96 Å². The number of aliphatic hydroxyl groups is 1. The van der Waals surface area contributed by atoms with E-state index in [4.69, 9.17) is 23.2 Å². The zero-order valence-corrected chi connectivity index (χ0v) is 19.3. The summed E-state index contributed by atoms with van der Waals surface area (Å²) in [5, 5.41) is 39.8. The Bertz CT molecular complexity index is 1090. The Morgan fingerprint density at radius 2 is 2.03 bits per heavy atom. The van der Waals surface area contributed by atoms with E-state index in [-0.39, 0.29) is 22.2 Å². The smallest absolute Gasteiger partial charge is 0.305 e. The van der Waals surface area contributed by atoms with E-state index >= 15 is 0 Å². The number of nitrogens with one attached hydrogen (secondary N) is 4. The molecule has 1 aromatic carbocycles. The van der Waals surface area contributed by atoms with Gasteiger partial charge in [-0.2, -0.15) is 0 Å². The number of phenolic OH excluding ortho intramolecular Hbond substituents is 1. The van der Waals surface area contributed by atoms with Gasteiger partial charge in [-0.15, -0.1) is 0 Å². The number of carbonyl (C=O) groups is 3. The van der Waals surface area contributed by atoms with Crippen LogP contribution in [0.25, 0.3) is 0 Å². The lowest BCUT2D eigenvalue weighted by Gasteiger charge is -2.20. The van der Waals surface area contributed by atoms with E-state index in [9.17, 15) is 29.7 Å². The number of benzene rings is 1. The van der Waals surface area contributed by atoms with E-state index in [0.717, 1.165) is 0 Å². The number of phenols is 1. The minimum absolute atomic E-state index is 0.0461. The molecule has 7 N–H and O–H groups in total. The molecule has 0 spiro atoms. The van der Waals surface area contributed by atoms with Crippen LogP contribution in [0.4, 0.5) is 0 Å². The van der Waals surface area contributed by atoms with Crippen molar-refractivity contribution in [2.75, 3.05) is 19.6 Å². The molecule has 0 aromatic heterocycles. The van der Waals surface area contributed by atoms with Crippen LogP contribution in [0.3, 0.4) is 0 Å². The summed E-state index contributed by atoms with van der Waals surface area (Å²) in [6, 6.07) is 1.48. The van der Waals surface area contributed by atoms with Gasteiger partial charge in [-0.25, -0.2) is 0 Å². The van der Waals surface area contributed by atoms with Gasteiger partial charge in [0.1, 0.15) is 5.75 Å². The van der Waals surface area contributed by atoms with Gasteiger partial charge in [-0.3, -0.25) is 19.4 Å². The first kappa shape index (κ1) is 25.3. The number of carboxylic acids is 1. The van der Waals surface area contributed by atoms with Gasteiger partial charge in [-0.1, -0.05) is 29.3 Å². The molecule has 0 saturated carbocycles. The fourth-order valence-corrected chi connectivity index (χ4v) is 3.82. The Labute approximate surface area is 204 Å². The van der Waals surface area contributed by atoms with E-state index in [1.165, 1.54) is 12.1 Å². The van der Waals surface area contributed by atoms with E-state index in [2.05, 4.69) is 26.3 Å². The zero-order chi connectivity index (χ0) is 24.8. The van der Waals surface area contributed by atoms with Gasteiger partial charge < -0.3 is 36.6 Å². The molecule has 1 heterocycles. The maximum Gasteiger partial charge on any atom is 0.305 e. The summed E-state index contributed by atoms with van der Waals surface area (Å²) < 4.78 is 0. The number of carbonyl (C=O) groups excluding carboxylic acids is 2. The molecule has 1 aliphatic heterocycles. The van der Waals surface area contributed by atoms with Crippen LogP contribution < -0.4 is 21.3 Å². The first-order valence-corrected chi connectivity index (χ1v) is 11.0. The molecular formula is C21H23Cl2N5O6. The highest BCUT2D eigenvalue weighted by atomic mass is 35.5. The summed E-state index contributed by atoms with van der Waals surface area (Å²) in [5.41, 5.74) is 1.10. The van der Waals surface area contributed by atoms with Crippen molar-refractivity contribution in [2.24, 2.45) is 4.99 Å². The first-order valence-electron chi connectivity index (χ1n) is 10.2. The number of halogens is 2. The number of aliphatic imine (C=N–C) groups is 1.